The average Bonchev–Trinajstić information content (AvgIpc) is 3.07. The summed E-state index contributed by atoms with van der Waals surface area (Å²) in [5.74, 6) is 1.14. The Morgan fingerprint density at radius 2 is 2.11 bits per heavy atom. The minimum Gasteiger partial charge on any atom is -0.493 e. The van der Waals surface area contributed by atoms with Crippen molar-refractivity contribution in [3.8, 4) is 11.5 Å². The van der Waals surface area contributed by atoms with Crippen molar-refractivity contribution in [3.63, 3.8) is 0 Å². The Kier molecular flexibility index (Phi) is 5.76. The number of methoxy groups -OCH3 is 1. The summed E-state index contributed by atoms with van der Waals surface area (Å²) in [6, 6.07) is 9.56. The number of pyridine rings is 1. The lowest BCUT2D eigenvalue weighted by Gasteiger charge is -2.09. The first kappa shape index (κ1) is 18.5. The largest absolute Gasteiger partial charge is 0.493 e. The van der Waals surface area contributed by atoms with Gasteiger partial charge in [0.25, 0.3) is 0 Å². The number of ether oxygens (including phenoxy) is 2. The van der Waals surface area contributed by atoms with Gasteiger partial charge in [0.15, 0.2) is 11.5 Å². The van der Waals surface area contributed by atoms with Crippen LogP contribution in [0.15, 0.2) is 48.8 Å². The Balaban J connectivity index is 1.61. The molecule has 0 saturated heterocycles. The van der Waals surface area contributed by atoms with E-state index in [-0.39, 0.29) is 5.91 Å². The van der Waals surface area contributed by atoms with E-state index in [1.54, 1.807) is 13.2 Å². The Labute approximate surface area is 158 Å². The highest BCUT2D eigenvalue weighted by atomic mass is 16.5. The summed E-state index contributed by atoms with van der Waals surface area (Å²) in [4.78, 5) is 16.6. The third-order valence-electron chi connectivity index (χ3n) is 4.02. The second kappa shape index (κ2) is 8.40. The molecule has 0 aliphatic heterocycles. The van der Waals surface area contributed by atoms with E-state index >= 15 is 0 Å². The highest BCUT2D eigenvalue weighted by Gasteiger charge is 2.05. The van der Waals surface area contributed by atoms with Gasteiger partial charge in [0, 0.05) is 18.5 Å². The van der Waals surface area contributed by atoms with Crippen molar-refractivity contribution in [2.75, 3.05) is 13.7 Å². The van der Waals surface area contributed by atoms with Crippen LogP contribution in [-0.2, 0) is 11.3 Å². The Hall–Kier alpha value is -3.28. The molecule has 0 fully saturated rings. The number of carbonyl (C=O) groups excluding carboxylic acids is 1. The standard InChI is InChI=1S/C21H23N3O3/c1-4-27-18-7-5-16(12-19(18)26-3)6-8-21(25)22-13-17-14-24-10-9-15(2)11-20(24)23-17/h5-12,14H,4,13H2,1-3H3,(H,22,25)/b8-6+. The van der Waals surface area contributed by atoms with Gasteiger partial charge in [-0.05, 0) is 55.3 Å². The number of imidazole rings is 1. The zero-order valence-corrected chi connectivity index (χ0v) is 15.7. The third kappa shape index (κ3) is 4.67. The van der Waals surface area contributed by atoms with E-state index in [4.69, 9.17) is 9.47 Å². The molecular formula is C21H23N3O3. The molecule has 0 saturated carbocycles. The third-order valence-corrected chi connectivity index (χ3v) is 4.02. The summed E-state index contributed by atoms with van der Waals surface area (Å²) in [5.41, 5.74) is 3.69. The first-order valence-corrected chi connectivity index (χ1v) is 8.80. The minimum absolute atomic E-state index is 0.184. The molecular weight excluding hydrogens is 342 g/mol. The lowest BCUT2D eigenvalue weighted by molar-refractivity contribution is -0.116. The molecule has 0 aliphatic carbocycles. The number of nitrogens with one attached hydrogen (secondary N) is 1. The van der Waals surface area contributed by atoms with Crippen molar-refractivity contribution < 1.29 is 14.3 Å². The SMILES string of the molecule is CCOc1ccc(/C=C/C(=O)NCc2cn3ccc(C)cc3n2)cc1OC. The van der Waals surface area contributed by atoms with Crippen molar-refractivity contribution >= 4 is 17.6 Å². The summed E-state index contributed by atoms with van der Waals surface area (Å²) < 4.78 is 12.7. The van der Waals surface area contributed by atoms with Crippen LogP contribution in [0.5, 0.6) is 11.5 Å². The second-order valence-corrected chi connectivity index (χ2v) is 6.10. The summed E-state index contributed by atoms with van der Waals surface area (Å²) >= 11 is 0. The number of hydrogen-bond donors (Lipinski definition) is 1. The molecule has 3 rings (SSSR count). The van der Waals surface area contributed by atoms with Gasteiger partial charge >= 0.3 is 0 Å². The molecule has 0 bridgehead atoms. The second-order valence-electron chi connectivity index (χ2n) is 6.10. The molecule has 0 aliphatic rings. The number of carbonyl (C=O) groups is 1. The van der Waals surface area contributed by atoms with Crippen molar-refractivity contribution in [1.82, 2.24) is 14.7 Å². The number of amides is 1. The minimum atomic E-state index is -0.184. The molecule has 2 heterocycles. The molecule has 1 N–H and O–H groups in total. The van der Waals surface area contributed by atoms with Gasteiger partial charge in [-0.25, -0.2) is 4.98 Å². The van der Waals surface area contributed by atoms with E-state index < -0.39 is 0 Å². The van der Waals surface area contributed by atoms with E-state index in [1.807, 2.05) is 61.0 Å². The van der Waals surface area contributed by atoms with Crippen LogP contribution in [0.3, 0.4) is 0 Å². The maximum Gasteiger partial charge on any atom is 0.244 e. The van der Waals surface area contributed by atoms with Crippen LogP contribution in [0.2, 0.25) is 0 Å². The lowest BCUT2D eigenvalue weighted by atomic mass is 10.2. The summed E-state index contributed by atoms with van der Waals surface area (Å²) in [6.45, 7) is 4.88. The van der Waals surface area contributed by atoms with Crippen LogP contribution in [-0.4, -0.2) is 29.0 Å². The molecule has 0 spiro atoms. The topological polar surface area (TPSA) is 64.9 Å². The molecule has 3 aromatic rings. The van der Waals surface area contributed by atoms with Crippen LogP contribution in [0.1, 0.15) is 23.7 Å². The lowest BCUT2D eigenvalue weighted by Crippen LogP contribution is -2.20. The van der Waals surface area contributed by atoms with Crippen molar-refractivity contribution in [2.45, 2.75) is 20.4 Å². The molecule has 2 aromatic heterocycles. The molecule has 6 heteroatoms. The number of aryl methyl sites for hydroxylation is 1. The van der Waals surface area contributed by atoms with Crippen LogP contribution in [0.4, 0.5) is 0 Å². The molecule has 1 aromatic carbocycles. The Morgan fingerprint density at radius 1 is 1.26 bits per heavy atom. The van der Waals surface area contributed by atoms with Crippen molar-refractivity contribution in [3.05, 3.63) is 65.6 Å². The number of hydrogen-bond acceptors (Lipinski definition) is 4. The van der Waals surface area contributed by atoms with E-state index in [2.05, 4.69) is 10.3 Å². The first-order chi connectivity index (χ1) is 13.1. The first-order valence-electron chi connectivity index (χ1n) is 8.80. The van der Waals surface area contributed by atoms with Gasteiger partial charge in [-0.1, -0.05) is 6.07 Å². The molecule has 140 valence electrons. The van der Waals surface area contributed by atoms with E-state index in [0.29, 0.717) is 24.7 Å². The number of nitrogens with zero attached hydrogens (tertiary/aromatic N) is 2. The summed E-state index contributed by atoms with van der Waals surface area (Å²) in [5, 5.41) is 2.85. The number of benzene rings is 1. The van der Waals surface area contributed by atoms with Crippen molar-refractivity contribution in [1.29, 1.82) is 0 Å². The van der Waals surface area contributed by atoms with Crippen LogP contribution in [0, 0.1) is 6.92 Å². The summed E-state index contributed by atoms with van der Waals surface area (Å²) in [7, 11) is 1.59. The fraction of sp³-hybridized carbons (Fsp3) is 0.238. The quantitative estimate of drug-likeness (QED) is 0.652. The fourth-order valence-electron chi connectivity index (χ4n) is 2.69. The molecule has 0 atom stereocenters. The predicted molar refractivity (Wildman–Crippen MR) is 105 cm³/mol. The molecule has 27 heavy (non-hydrogen) atoms. The number of fused-ring (bicyclic) bond motifs is 1. The number of rotatable bonds is 7. The van der Waals surface area contributed by atoms with E-state index in [0.717, 1.165) is 22.5 Å². The normalized spacial score (nSPS) is 11.1. The van der Waals surface area contributed by atoms with Crippen LogP contribution < -0.4 is 14.8 Å². The summed E-state index contributed by atoms with van der Waals surface area (Å²) in [6.07, 6.45) is 7.11. The van der Waals surface area contributed by atoms with Gasteiger partial charge in [0.1, 0.15) is 5.65 Å². The highest BCUT2D eigenvalue weighted by molar-refractivity contribution is 5.91. The maximum absolute atomic E-state index is 12.1. The monoisotopic (exact) mass is 365 g/mol. The van der Waals surface area contributed by atoms with E-state index in [9.17, 15) is 4.79 Å². The fourth-order valence-corrected chi connectivity index (χ4v) is 2.69. The Bertz CT molecular complexity index is 976. The average molecular weight is 365 g/mol. The zero-order chi connectivity index (χ0) is 19.2. The Morgan fingerprint density at radius 3 is 2.89 bits per heavy atom. The van der Waals surface area contributed by atoms with Gasteiger partial charge in [-0.15, -0.1) is 0 Å². The molecule has 0 radical (unpaired) electrons. The van der Waals surface area contributed by atoms with Gasteiger partial charge in [-0.2, -0.15) is 0 Å². The van der Waals surface area contributed by atoms with Gasteiger partial charge in [0.2, 0.25) is 5.91 Å². The molecule has 0 unspecified atom stereocenters. The van der Waals surface area contributed by atoms with E-state index in [1.165, 1.54) is 6.08 Å². The van der Waals surface area contributed by atoms with Gasteiger partial charge < -0.3 is 19.2 Å². The molecule has 1 amide bonds. The smallest absolute Gasteiger partial charge is 0.244 e. The number of aromatic nitrogens is 2. The molecule has 6 nitrogen and oxygen atoms in total. The van der Waals surface area contributed by atoms with Gasteiger partial charge in [-0.3, -0.25) is 4.79 Å². The van der Waals surface area contributed by atoms with Gasteiger partial charge in [0.05, 0.1) is 26.0 Å². The highest BCUT2D eigenvalue weighted by Crippen LogP contribution is 2.28. The van der Waals surface area contributed by atoms with Crippen LogP contribution in [0.25, 0.3) is 11.7 Å². The maximum atomic E-state index is 12.1. The van der Waals surface area contributed by atoms with Crippen LogP contribution >= 0.6 is 0 Å². The van der Waals surface area contributed by atoms with Crippen molar-refractivity contribution in [2.24, 2.45) is 0 Å². The zero-order valence-electron chi connectivity index (χ0n) is 15.7. The predicted octanol–water partition coefficient (Wildman–Crippen LogP) is 3.38.